The van der Waals surface area contributed by atoms with E-state index in [1.54, 1.807) is 17.0 Å². The van der Waals surface area contributed by atoms with Crippen LogP contribution in [0.2, 0.25) is 0 Å². The summed E-state index contributed by atoms with van der Waals surface area (Å²) >= 11 is 1.53. The Hall–Kier alpha value is -2.73. The quantitative estimate of drug-likeness (QED) is 0.463. The molecule has 0 N–H and O–H groups in total. The van der Waals surface area contributed by atoms with Crippen LogP contribution in [0.15, 0.2) is 48.5 Å². The number of amides is 1. The number of hydrogen-bond acceptors (Lipinski definition) is 5. The van der Waals surface area contributed by atoms with Crippen molar-refractivity contribution in [3.8, 4) is 10.6 Å². The Bertz CT molecular complexity index is 983. The summed E-state index contributed by atoms with van der Waals surface area (Å²) in [4.78, 5) is 31.9. The highest BCUT2D eigenvalue weighted by Gasteiger charge is 2.21. The van der Waals surface area contributed by atoms with Crippen LogP contribution in [0.3, 0.4) is 0 Å². The summed E-state index contributed by atoms with van der Waals surface area (Å²) in [7, 11) is 0. The topological polar surface area (TPSA) is 59.5 Å². The molecule has 0 saturated carbocycles. The van der Waals surface area contributed by atoms with Gasteiger partial charge >= 0.3 is 5.97 Å². The molecule has 6 heteroatoms. The van der Waals surface area contributed by atoms with Crippen LogP contribution in [0.4, 0.5) is 0 Å². The Morgan fingerprint density at radius 3 is 2.27 bits per heavy atom. The number of ether oxygens (including phenoxy) is 1. The third kappa shape index (κ3) is 5.45. The minimum atomic E-state index is -0.507. The van der Waals surface area contributed by atoms with Crippen LogP contribution in [-0.4, -0.2) is 41.5 Å². The fourth-order valence-corrected chi connectivity index (χ4v) is 4.30. The summed E-state index contributed by atoms with van der Waals surface area (Å²) in [5.74, 6) is 0.0294. The number of hydrogen-bond donors (Lipinski definition) is 0. The smallest absolute Gasteiger partial charge is 0.339 e. The molecule has 1 amide bonds. The van der Waals surface area contributed by atoms with Gasteiger partial charge in [0.05, 0.1) is 15.8 Å². The predicted octanol–water partition coefficient (Wildman–Crippen LogP) is 5.26. The molecule has 0 bridgehead atoms. The van der Waals surface area contributed by atoms with E-state index in [-0.39, 0.29) is 12.5 Å². The van der Waals surface area contributed by atoms with Gasteiger partial charge in [-0.1, -0.05) is 58.0 Å². The van der Waals surface area contributed by atoms with Crippen LogP contribution >= 0.6 is 11.3 Å². The summed E-state index contributed by atoms with van der Waals surface area (Å²) in [6.07, 6.45) is 0. The van der Waals surface area contributed by atoms with Gasteiger partial charge in [-0.2, -0.15) is 0 Å². The maximum Gasteiger partial charge on any atom is 0.339 e. The molecule has 0 aliphatic rings. The number of nitrogens with zero attached hydrogens (tertiary/aromatic N) is 2. The zero-order valence-corrected chi connectivity index (χ0v) is 18.7. The van der Waals surface area contributed by atoms with Crippen LogP contribution < -0.4 is 0 Å². The second-order valence-corrected chi connectivity index (χ2v) is 9.23. The lowest BCUT2D eigenvalue weighted by atomic mass is 10.1. The number of carbonyl (C=O) groups is 2. The van der Waals surface area contributed by atoms with Crippen LogP contribution in [0.1, 0.15) is 38.1 Å². The van der Waals surface area contributed by atoms with Gasteiger partial charge in [0.1, 0.15) is 5.01 Å². The Kier molecular flexibility index (Phi) is 7.21. The maximum atomic E-state index is 12.8. The van der Waals surface area contributed by atoms with Crippen molar-refractivity contribution in [3.63, 3.8) is 0 Å². The number of fused-ring (bicyclic) bond motifs is 1. The molecule has 30 heavy (non-hydrogen) atoms. The summed E-state index contributed by atoms with van der Waals surface area (Å²) in [6.45, 7) is 9.32. The standard InChI is InChI=1S/C24H28N2O3S/c1-16(2)13-26(14-17(3)4)22(27)15-29-24(28)19-10-6-5-9-18(19)23-25-20-11-7-8-12-21(20)30-23/h5-12,16-17H,13-15H2,1-4H3. The molecule has 3 rings (SSSR count). The first-order valence-corrected chi connectivity index (χ1v) is 11.1. The van der Waals surface area contributed by atoms with E-state index >= 15 is 0 Å². The van der Waals surface area contributed by atoms with Crippen molar-refractivity contribution in [2.45, 2.75) is 27.7 Å². The highest BCUT2D eigenvalue weighted by atomic mass is 32.1. The van der Waals surface area contributed by atoms with Crippen LogP contribution in [-0.2, 0) is 9.53 Å². The van der Waals surface area contributed by atoms with E-state index in [1.807, 2.05) is 36.4 Å². The van der Waals surface area contributed by atoms with Gasteiger partial charge in [-0.05, 0) is 30.0 Å². The van der Waals surface area contributed by atoms with Crippen LogP contribution in [0.25, 0.3) is 20.8 Å². The second-order valence-electron chi connectivity index (χ2n) is 8.19. The molecular formula is C24H28N2O3S. The first-order chi connectivity index (χ1) is 14.3. The van der Waals surface area contributed by atoms with Crippen LogP contribution in [0, 0.1) is 11.8 Å². The summed E-state index contributed by atoms with van der Waals surface area (Å²) in [5.41, 5.74) is 2.04. The summed E-state index contributed by atoms with van der Waals surface area (Å²) in [6, 6.07) is 15.1. The van der Waals surface area contributed by atoms with Gasteiger partial charge in [-0.25, -0.2) is 9.78 Å². The first kappa shape index (κ1) is 22.0. The van der Waals surface area contributed by atoms with E-state index in [4.69, 9.17) is 4.74 Å². The minimum absolute atomic E-state index is 0.164. The average molecular weight is 425 g/mol. The molecule has 1 aromatic heterocycles. The fourth-order valence-electron chi connectivity index (χ4n) is 3.29. The molecule has 0 aliphatic heterocycles. The number of aromatic nitrogens is 1. The zero-order valence-electron chi connectivity index (χ0n) is 17.9. The van der Waals surface area contributed by atoms with Gasteiger partial charge in [0.25, 0.3) is 5.91 Å². The van der Waals surface area contributed by atoms with Crippen molar-refractivity contribution in [1.82, 2.24) is 9.88 Å². The molecule has 0 unspecified atom stereocenters. The molecule has 2 aromatic carbocycles. The van der Waals surface area contributed by atoms with Crippen molar-refractivity contribution in [3.05, 3.63) is 54.1 Å². The molecule has 0 radical (unpaired) electrons. The number of benzene rings is 2. The molecule has 0 atom stereocenters. The lowest BCUT2D eigenvalue weighted by Crippen LogP contribution is -2.39. The first-order valence-electron chi connectivity index (χ1n) is 10.2. The lowest BCUT2D eigenvalue weighted by molar-refractivity contribution is -0.135. The molecule has 0 aliphatic carbocycles. The fraction of sp³-hybridized carbons (Fsp3) is 0.375. The largest absolute Gasteiger partial charge is 0.452 e. The van der Waals surface area contributed by atoms with Crippen molar-refractivity contribution < 1.29 is 14.3 Å². The summed E-state index contributed by atoms with van der Waals surface area (Å²) in [5, 5.41) is 0.760. The van der Waals surface area contributed by atoms with E-state index in [0.29, 0.717) is 30.5 Å². The highest BCUT2D eigenvalue weighted by Crippen LogP contribution is 2.32. The molecule has 158 valence electrons. The van der Waals surface area contributed by atoms with Crippen molar-refractivity contribution in [1.29, 1.82) is 0 Å². The number of carbonyl (C=O) groups excluding carboxylic acids is 2. The molecule has 1 heterocycles. The van der Waals surface area contributed by atoms with Gasteiger partial charge in [-0.15, -0.1) is 11.3 Å². The Morgan fingerprint density at radius 1 is 0.967 bits per heavy atom. The second kappa shape index (κ2) is 9.85. The minimum Gasteiger partial charge on any atom is -0.452 e. The molecule has 0 fully saturated rings. The molecule has 0 spiro atoms. The van der Waals surface area contributed by atoms with Crippen molar-refractivity contribution in [2.24, 2.45) is 11.8 Å². The monoisotopic (exact) mass is 424 g/mol. The number of rotatable bonds is 8. The van der Waals surface area contributed by atoms with Gasteiger partial charge in [0, 0.05) is 18.7 Å². The van der Waals surface area contributed by atoms with Gasteiger partial charge in [0.2, 0.25) is 0 Å². The third-order valence-electron chi connectivity index (χ3n) is 4.52. The maximum absolute atomic E-state index is 12.8. The molecular weight excluding hydrogens is 396 g/mol. The molecule has 0 saturated heterocycles. The number of esters is 1. The summed E-state index contributed by atoms with van der Waals surface area (Å²) < 4.78 is 6.48. The Labute approximate surface area is 181 Å². The number of thiazole rings is 1. The molecule has 3 aromatic rings. The average Bonchev–Trinajstić information content (AvgIpc) is 3.14. The van der Waals surface area contributed by atoms with Crippen molar-refractivity contribution in [2.75, 3.05) is 19.7 Å². The van der Waals surface area contributed by atoms with E-state index in [0.717, 1.165) is 20.8 Å². The van der Waals surface area contributed by atoms with E-state index in [9.17, 15) is 9.59 Å². The van der Waals surface area contributed by atoms with Gasteiger partial charge < -0.3 is 9.64 Å². The van der Waals surface area contributed by atoms with Gasteiger partial charge in [-0.3, -0.25) is 4.79 Å². The van der Waals surface area contributed by atoms with E-state index < -0.39 is 5.97 Å². The highest BCUT2D eigenvalue weighted by molar-refractivity contribution is 7.21. The lowest BCUT2D eigenvalue weighted by Gasteiger charge is -2.26. The third-order valence-corrected chi connectivity index (χ3v) is 5.59. The molecule has 5 nitrogen and oxygen atoms in total. The van der Waals surface area contributed by atoms with Crippen LogP contribution in [0.5, 0.6) is 0 Å². The van der Waals surface area contributed by atoms with Crippen molar-refractivity contribution >= 4 is 33.4 Å². The van der Waals surface area contributed by atoms with E-state index in [2.05, 4.69) is 32.7 Å². The Balaban J connectivity index is 1.75. The normalized spacial score (nSPS) is 11.3. The predicted molar refractivity (Wildman–Crippen MR) is 122 cm³/mol. The van der Waals surface area contributed by atoms with Gasteiger partial charge in [0.15, 0.2) is 6.61 Å². The van der Waals surface area contributed by atoms with E-state index in [1.165, 1.54) is 11.3 Å². The Morgan fingerprint density at radius 2 is 1.60 bits per heavy atom. The number of para-hydroxylation sites is 1. The zero-order chi connectivity index (χ0) is 21.7. The SMILES string of the molecule is CC(C)CN(CC(C)C)C(=O)COC(=O)c1ccccc1-c1nc2ccccc2s1.